The highest BCUT2D eigenvalue weighted by Crippen LogP contribution is 2.28. The molecule has 0 N–H and O–H groups in total. The van der Waals surface area contributed by atoms with Crippen LogP contribution in [0.2, 0.25) is 5.02 Å². The summed E-state index contributed by atoms with van der Waals surface area (Å²) in [5, 5.41) is 0.944. The van der Waals surface area contributed by atoms with Crippen LogP contribution < -0.4 is 0 Å². The second-order valence-electron chi connectivity index (χ2n) is 5.52. The third-order valence-corrected chi connectivity index (χ3v) is 4.06. The van der Waals surface area contributed by atoms with Crippen molar-refractivity contribution in [1.29, 1.82) is 0 Å². The molecule has 8 nitrogen and oxygen atoms in total. The van der Waals surface area contributed by atoms with Gasteiger partial charge in [-0.15, -0.1) is 0 Å². The van der Waals surface area contributed by atoms with Crippen molar-refractivity contribution in [2.24, 2.45) is 0 Å². The molecule has 1 aliphatic rings. The minimum atomic E-state index is -1.12. The molecule has 1 saturated heterocycles. The SMILES string of the molecule is Cc1oc(-c2ccccc2Cl)nc1CCOC(=O)ON1C(=O)CCC1=O. The molecule has 2 aromatic rings. The summed E-state index contributed by atoms with van der Waals surface area (Å²) in [4.78, 5) is 43.3. The molecule has 0 radical (unpaired) electrons. The number of amides is 2. The van der Waals surface area contributed by atoms with E-state index in [9.17, 15) is 14.4 Å². The Balaban J connectivity index is 1.55. The van der Waals surface area contributed by atoms with E-state index in [-0.39, 0.29) is 25.9 Å². The number of oxazole rings is 1. The molecule has 26 heavy (non-hydrogen) atoms. The van der Waals surface area contributed by atoms with E-state index in [4.69, 9.17) is 20.8 Å². The summed E-state index contributed by atoms with van der Waals surface area (Å²) < 4.78 is 10.5. The number of hydrogen-bond acceptors (Lipinski definition) is 7. The van der Waals surface area contributed by atoms with Gasteiger partial charge in [-0.25, -0.2) is 9.78 Å². The predicted octanol–water partition coefficient (Wildman–Crippen LogP) is 3.06. The molecular formula is C17H15ClN2O6. The standard InChI is InChI=1S/C17H15ClN2O6/c1-10-13(19-16(25-10)11-4-2-3-5-12(11)18)8-9-24-17(23)26-20-14(21)6-7-15(20)22/h2-5H,6-9H2,1H3. The number of benzene rings is 1. The smallest absolute Gasteiger partial charge is 0.441 e. The van der Waals surface area contributed by atoms with Crippen molar-refractivity contribution in [2.45, 2.75) is 26.2 Å². The lowest BCUT2D eigenvalue weighted by Gasteiger charge is -2.12. The van der Waals surface area contributed by atoms with E-state index >= 15 is 0 Å². The Morgan fingerprint density at radius 3 is 2.65 bits per heavy atom. The van der Waals surface area contributed by atoms with Gasteiger partial charge in [-0.2, -0.15) is 0 Å². The number of hydroxylamine groups is 2. The van der Waals surface area contributed by atoms with E-state index < -0.39 is 18.0 Å². The van der Waals surface area contributed by atoms with Gasteiger partial charge in [0.2, 0.25) is 5.89 Å². The van der Waals surface area contributed by atoms with Gasteiger partial charge in [0.05, 0.1) is 16.3 Å². The van der Waals surface area contributed by atoms with Crippen LogP contribution in [0.3, 0.4) is 0 Å². The molecule has 1 fully saturated rings. The van der Waals surface area contributed by atoms with Crippen LogP contribution in [0.15, 0.2) is 28.7 Å². The zero-order chi connectivity index (χ0) is 18.7. The minimum Gasteiger partial charge on any atom is -0.441 e. The molecule has 136 valence electrons. The maximum atomic E-state index is 11.6. The molecule has 1 aromatic heterocycles. The molecule has 1 aromatic carbocycles. The fourth-order valence-corrected chi connectivity index (χ4v) is 2.62. The Bertz CT molecular complexity index is 847. The number of hydrogen-bond donors (Lipinski definition) is 0. The largest absolute Gasteiger partial charge is 0.533 e. The first-order valence-corrected chi connectivity index (χ1v) is 8.25. The van der Waals surface area contributed by atoms with Gasteiger partial charge in [0, 0.05) is 19.3 Å². The molecule has 0 unspecified atom stereocenters. The molecule has 0 saturated carbocycles. The normalized spacial score (nSPS) is 14.0. The number of nitrogens with zero attached hydrogens (tertiary/aromatic N) is 2. The number of carbonyl (C=O) groups excluding carboxylic acids is 3. The highest BCUT2D eigenvalue weighted by Gasteiger charge is 2.33. The summed E-state index contributed by atoms with van der Waals surface area (Å²) in [5.41, 5.74) is 1.26. The molecule has 1 aliphatic heterocycles. The topological polar surface area (TPSA) is 98.9 Å². The first kappa shape index (κ1) is 17.9. The lowest BCUT2D eigenvalue weighted by atomic mass is 10.2. The molecule has 3 rings (SSSR count). The zero-order valence-electron chi connectivity index (χ0n) is 13.9. The van der Waals surface area contributed by atoms with Crippen LogP contribution >= 0.6 is 11.6 Å². The number of ether oxygens (including phenoxy) is 1. The molecule has 2 heterocycles. The van der Waals surface area contributed by atoms with E-state index in [2.05, 4.69) is 9.82 Å². The number of carbonyl (C=O) groups is 3. The fourth-order valence-electron chi connectivity index (χ4n) is 2.40. The monoisotopic (exact) mass is 378 g/mol. The van der Waals surface area contributed by atoms with Crippen LogP contribution in [0.4, 0.5) is 4.79 Å². The molecule has 0 spiro atoms. The molecule has 0 bridgehead atoms. The van der Waals surface area contributed by atoms with Crippen molar-refractivity contribution < 1.29 is 28.4 Å². The molecule has 2 amide bonds. The summed E-state index contributed by atoms with van der Waals surface area (Å²) in [6.45, 7) is 1.69. The number of aromatic nitrogens is 1. The van der Waals surface area contributed by atoms with E-state index in [1.165, 1.54) is 0 Å². The van der Waals surface area contributed by atoms with Crippen LogP contribution in [0.1, 0.15) is 24.3 Å². The predicted molar refractivity (Wildman–Crippen MR) is 88.9 cm³/mol. The average Bonchev–Trinajstić information content (AvgIpc) is 3.12. The van der Waals surface area contributed by atoms with Crippen molar-refractivity contribution in [3.8, 4) is 11.5 Å². The first-order chi connectivity index (χ1) is 12.5. The van der Waals surface area contributed by atoms with Gasteiger partial charge < -0.3 is 9.15 Å². The first-order valence-electron chi connectivity index (χ1n) is 7.87. The third kappa shape index (κ3) is 3.85. The molecule has 0 atom stereocenters. The van der Waals surface area contributed by atoms with E-state index in [0.717, 1.165) is 0 Å². The van der Waals surface area contributed by atoms with Gasteiger partial charge in [-0.05, 0) is 19.1 Å². The average molecular weight is 379 g/mol. The van der Waals surface area contributed by atoms with Gasteiger partial charge in [0.25, 0.3) is 11.8 Å². The van der Waals surface area contributed by atoms with E-state index in [1.807, 2.05) is 6.07 Å². The van der Waals surface area contributed by atoms with E-state index in [0.29, 0.717) is 33.0 Å². The van der Waals surface area contributed by atoms with E-state index in [1.54, 1.807) is 25.1 Å². The minimum absolute atomic E-state index is 0.0229. The van der Waals surface area contributed by atoms with Crippen molar-refractivity contribution >= 4 is 29.6 Å². The maximum absolute atomic E-state index is 11.6. The molecular weight excluding hydrogens is 364 g/mol. The third-order valence-electron chi connectivity index (χ3n) is 3.73. The lowest BCUT2D eigenvalue weighted by Crippen LogP contribution is -2.32. The summed E-state index contributed by atoms with van der Waals surface area (Å²) in [6, 6.07) is 7.14. The van der Waals surface area contributed by atoms with Gasteiger partial charge in [-0.1, -0.05) is 28.8 Å². The zero-order valence-corrected chi connectivity index (χ0v) is 14.6. The number of halogens is 1. The maximum Gasteiger partial charge on any atom is 0.533 e. The van der Waals surface area contributed by atoms with Crippen molar-refractivity contribution in [3.63, 3.8) is 0 Å². The van der Waals surface area contributed by atoms with Crippen LogP contribution in [0.25, 0.3) is 11.5 Å². The highest BCUT2D eigenvalue weighted by molar-refractivity contribution is 6.33. The summed E-state index contributed by atoms with van der Waals surface area (Å²) in [5.74, 6) is -0.187. The van der Waals surface area contributed by atoms with Gasteiger partial charge in [0.1, 0.15) is 12.4 Å². The Morgan fingerprint density at radius 2 is 1.96 bits per heavy atom. The van der Waals surface area contributed by atoms with Gasteiger partial charge >= 0.3 is 6.16 Å². The quantitative estimate of drug-likeness (QED) is 0.582. The second kappa shape index (κ2) is 7.57. The van der Waals surface area contributed by atoms with Crippen LogP contribution in [-0.2, 0) is 25.6 Å². The van der Waals surface area contributed by atoms with Crippen molar-refractivity contribution in [1.82, 2.24) is 10.0 Å². The number of rotatable bonds is 5. The lowest BCUT2D eigenvalue weighted by molar-refractivity contribution is -0.177. The molecule has 0 aliphatic carbocycles. The van der Waals surface area contributed by atoms with Gasteiger partial charge in [0.15, 0.2) is 0 Å². The van der Waals surface area contributed by atoms with Crippen LogP contribution in [0, 0.1) is 6.92 Å². The Morgan fingerprint density at radius 1 is 1.27 bits per heavy atom. The Labute approximate surface area is 153 Å². The van der Waals surface area contributed by atoms with Crippen molar-refractivity contribution in [3.05, 3.63) is 40.7 Å². The molecule has 9 heteroatoms. The Kier molecular flexibility index (Phi) is 5.22. The van der Waals surface area contributed by atoms with Crippen LogP contribution in [-0.4, -0.2) is 34.6 Å². The summed E-state index contributed by atoms with van der Waals surface area (Å²) >= 11 is 6.13. The Hall–Kier alpha value is -2.87. The van der Waals surface area contributed by atoms with Crippen molar-refractivity contribution in [2.75, 3.05) is 6.61 Å². The summed E-state index contributed by atoms with van der Waals surface area (Å²) in [6.07, 6.45) is -0.804. The van der Waals surface area contributed by atoms with Gasteiger partial charge in [-0.3, -0.25) is 14.4 Å². The number of imide groups is 1. The fraction of sp³-hybridized carbons (Fsp3) is 0.294. The number of aryl methyl sites for hydroxylation is 1. The highest BCUT2D eigenvalue weighted by atomic mass is 35.5. The van der Waals surface area contributed by atoms with Crippen LogP contribution in [0.5, 0.6) is 0 Å². The summed E-state index contributed by atoms with van der Waals surface area (Å²) in [7, 11) is 0. The second-order valence-corrected chi connectivity index (χ2v) is 5.93.